The van der Waals surface area contributed by atoms with Crippen LogP contribution in [-0.4, -0.2) is 39.9 Å². The molecule has 5 rings (SSSR count). The van der Waals surface area contributed by atoms with Gasteiger partial charge < -0.3 is 5.32 Å². The molecule has 6 nitrogen and oxygen atoms in total. The van der Waals surface area contributed by atoms with E-state index in [0.717, 1.165) is 28.1 Å². The summed E-state index contributed by atoms with van der Waals surface area (Å²) in [5, 5.41) is 8.34. The van der Waals surface area contributed by atoms with Crippen molar-refractivity contribution in [3.05, 3.63) is 101 Å². The molecule has 1 aliphatic rings. The number of halogens is 1. The largest absolute Gasteiger partial charge is 0.352 e. The topological polar surface area (TPSA) is 67.2 Å². The van der Waals surface area contributed by atoms with Crippen LogP contribution in [0.3, 0.4) is 0 Å². The first-order valence-electron chi connectivity index (χ1n) is 12.1. The normalized spacial score (nSPS) is 15.4. The number of fused-ring (bicyclic) bond motifs is 1. The molecule has 3 aromatic carbocycles. The second kappa shape index (κ2) is 10.8. The Kier molecular flexibility index (Phi) is 7.35. The first-order valence-corrected chi connectivity index (χ1v) is 13.6. The van der Waals surface area contributed by atoms with E-state index in [1.807, 2.05) is 98.8 Å². The van der Waals surface area contributed by atoms with Crippen molar-refractivity contribution in [3.8, 4) is 16.9 Å². The monoisotopic (exact) mass is 530 g/mol. The molecule has 2 heterocycles. The van der Waals surface area contributed by atoms with E-state index >= 15 is 0 Å². The Morgan fingerprint density at radius 2 is 1.68 bits per heavy atom. The number of para-hydroxylation sites is 1. The molecule has 0 bridgehead atoms. The van der Waals surface area contributed by atoms with Crippen molar-refractivity contribution in [1.82, 2.24) is 15.1 Å². The molecule has 8 heteroatoms. The zero-order valence-electron chi connectivity index (χ0n) is 20.6. The van der Waals surface area contributed by atoms with E-state index in [1.54, 1.807) is 9.58 Å². The number of amides is 2. The van der Waals surface area contributed by atoms with Crippen LogP contribution in [0.15, 0.2) is 84.9 Å². The highest BCUT2D eigenvalue weighted by molar-refractivity contribution is 8.00. The number of nitrogens with one attached hydrogen (secondary N) is 1. The number of thioether (sulfide) groups is 1. The first-order chi connectivity index (χ1) is 17.9. The second-order valence-corrected chi connectivity index (χ2v) is 10.6. The van der Waals surface area contributed by atoms with E-state index in [0.29, 0.717) is 10.8 Å². The third-order valence-electron chi connectivity index (χ3n) is 6.08. The van der Waals surface area contributed by atoms with Gasteiger partial charge in [-0.3, -0.25) is 14.5 Å². The third-order valence-corrected chi connectivity index (χ3v) is 7.66. The maximum Gasteiger partial charge on any atom is 0.240 e. The van der Waals surface area contributed by atoms with Gasteiger partial charge in [0, 0.05) is 22.2 Å². The van der Waals surface area contributed by atoms with Crippen LogP contribution in [0.1, 0.15) is 30.2 Å². The quantitative estimate of drug-likeness (QED) is 0.338. The minimum atomic E-state index is -0.265. The number of nitrogens with zero attached hydrogens (tertiary/aromatic N) is 3. The summed E-state index contributed by atoms with van der Waals surface area (Å²) in [4.78, 5) is 28.2. The summed E-state index contributed by atoms with van der Waals surface area (Å²) in [6.07, 6.45) is 0. The Hall–Kier alpha value is -3.55. The standard InChI is InChI=1S/C29H27ClN4O2S/c1-19(2)31-24(35)17-33-25(36)18-37-28(22-15-9-10-16-23(22)30)26-27(20-11-5-3-6-12-20)32-34(29(26)33)21-13-7-4-8-14-21/h3-16,19,28H,17-18H2,1-2H3,(H,31,35)/t28-/m1/s1. The molecule has 37 heavy (non-hydrogen) atoms. The number of hydrogen-bond donors (Lipinski definition) is 1. The van der Waals surface area contributed by atoms with E-state index in [2.05, 4.69) is 5.32 Å². The molecule has 188 valence electrons. The van der Waals surface area contributed by atoms with Crippen molar-refractivity contribution in [3.63, 3.8) is 0 Å². The summed E-state index contributed by atoms with van der Waals surface area (Å²) in [6, 6.07) is 27.3. The molecule has 1 atom stereocenters. The van der Waals surface area contributed by atoms with Gasteiger partial charge in [-0.15, -0.1) is 11.8 Å². The van der Waals surface area contributed by atoms with Crippen LogP contribution in [0.5, 0.6) is 0 Å². The van der Waals surface area contributed by atoms with Gasteiger partial charge in [-0.1, -0.05) is 78.3 Å². The van der Waals surface area contributed by atoms with Crippen LogP contribution in [0.2, 0.25) is 5.02 Å². The lowest BCUT2D eigenvalue weighted by Gasteiger charge is -2.24. The van der Waals surface area contributed by atoms with Gasteiger partial charge in [-0.2, -0.15) is 5.10 Å². The number of carbonyl (C=O) groups excluding carboxylic acids is 2. The number of aromatic nitrogens is 2. The van der Waals surface area contributed by atoms with Crippen LogP contribution >= 0.6 is 23.4 Å². The Bertz CT molecular complexity index is 1420. The van der Waals surface area contributed by atoms with E-state index in [1.165, 1.54) is 11.8 Å². The Morgan fingerprint density at radius 1 is 1.03 bits per heavy atom. The van der Waals surface area contributed by atoms with Crippen molar-refractivity contribution in [2.24, 2.45) is 0 Å². The number of carbonyl (C=O) groups is 2. The highest BCUT2D eigenvalue weighted by Gasteiger charge is 2.38. The summed E-state index contributed by atoms with van der Waals surface area (Å²) in [5.41, 5.74) is 4.23. The predicted molar refractivity (Wildman–Crippen MR) is 150 cm³/mol. The Balaban J connectivity index is 1.80. The smallest absolute Gasteiger partial charge is 0.240 e. The number of anilines is 1. The molecule has 0 aliphatic carbocycles. The summed E-state index contributed by atoms with van der Waals surface area (Å²) in [6.45, 7) is 3.70. The van der Waals surface area contributed by atoms with Gasteiger partial charge in [0.15, 0.2) is 0 Å². The predicted octanol–water partition coefficient (Wildman–Crippen LogP) is 5.89. The van der Waals surface area contributed by atoms with Crippen LogP contribution in [0.4, 0.5) is 5.82 Å². The summed E-state index contributed by atoms with van der Waals surface area (Å²) < 4.78 is 1.79. The van der Waals surface area contributed by atoms with E-state index in [-0.39, 0.29) is 35.4 Å². The molecule has 0 unspecified atom stereocenters. The molecule has 1 aliphatic heterocycles. The van der Waals surface area contributed by atoms with Gasteiger partial charge in [0.2, 0.25) is 11.8 Å². The maximum absolute atomic E-state index is 13.6. The number of rotatable bonds is 6. The van der Waals surface area contributed by atoms with Gasteiger partial charge in [-0.25, -0.2) is 4.68 Å². The van der Waals surface area contributed by atoms with Crippen LogP contribution in [0.25, 0.3) is 16.9 Å². The van der Waals surface area contributed by atoms with Crippen molar-refractivity contribution < 1.29 is 9.59 Å². The molecule has 0 fully saturated rings. The molecule has 4 aromatic rings. The van der Waals surface area contributed by atoms with Gasteiger partial charge in [-0.05, 0) is 37.6 Å². The highest BCUT2D eigenvalue weighted by Crippen LogP contribution is 2.49. The summed E-state index contributed by atoms with van der Waals surface area (Å²) in [7, 11) is 0. The molecule has 0 saturated carbocycles. The fraction of sp³-hybridized carbons (Fsp3) is 0.207. The first kappa shape index (κ1) is 25.1. The van der Waals surface area contributed by atoms with E-state index < -0.39 is 0 Å². The van der Waals surface area contributed by atoms with E-state index in [4.69, 9.17) is 16.7 Å². The Morgan fingerprint density at radius 3 is 2.35 bits per heavy atom. The lowest BCUT2D eigenvalue weighted by molar-refractivity contribution is -0.123. The van der Waals surface area contributed by atoms with Crippen molar-refractivity contribution in [2.75, 3.05) is 17.2 Å². The third kappa shape index (κ3) is 5.15. The second-order valence-electron chi connectivity index (χ2n) is 9.11. The molecular formula is C29H27ClN4O2S. The lowest BCUT2D eigenvalue weighted by Crippen LogP contribution is -2.44. The highest BCUT2D eigenvalue weighted by atomic mass is 35.5. The fourth-order valence-corrected chi connectivity index (χ4v) is 6.07. The van der Waals surface area contributed by atoms with Crippen LogP contribution < -0.4 is 10.2 Å². The van der Waals surface area contributed by atoms with Crippen LogP contribution in [0, 0.1) is 0 Å². The molecule has 2 amide bonds. The average molecular weight is 531 g/mol. The molecule has 1 N–H and O–H groups in total. The van der Waals surface area contributed by atoms with Crippen molar-refractivity contribution >= 4 is 41.0 Å². The fourth-order valence-electron chi connectivity index (χ4n) is 4.52. The number of hydrogen-bond acceptors (Lipinski definition) is 4. The van der Waals surface area contributed by atoms with E-state index in [9.17, 15) is 9.59 Å². The molecule has 1 aromatic heterocycles. The zero-order valence-corrected chi connectivity index (χ0v) is 22.2. The number of benzene rings is 3. The van der Waals surface area contributed by atoms with Gasteiger partial charge in [0.25, 0.3) is 0 Å². The van der Waals surface area contributed by atoms with Crippen molar-refractivity contribution in [1.29, 1.82) is 0 Å². The van der Waals surface area contributed by atoms with Gasteiger partial charge in [0.05, 0.1) is 22.4 Å². The minimum absolute atomic E-state index is 0.0433. The van der Waals surface area contributed by atoms with Gasteiger partial charge >= 0.3 is 0 Å². The molecule has 0 spiro atoms. The van der Waals surface area contributed by atoms with Gasteiger partial charge in [0.1, 0.15) is 12.4 Å². The van der Waals surface area contributed by atoms with Crippen molar-refractivity contribution in [2.45, 2.75) is 25.1 Å². The Labute approximate surface area is 225 Å². The minimum Gasteiger partial charge on any atom is -0.352 e. The molecule has 0 saturated heterocycles. The summed E-state index contributed by atoms with van der Waals surface area (Å²) in [5.74, 6) is 0.403. The average Bonchev–Trinajstić information content (AvgIpc) is 3.23. The zero-order chi connectivity index (χ0) is 25.9. The molecular weight excluding hydrogens is 504 g/mol. The summed E-state index contributed by atoms with van der Waals surface area (Å²) >= 11 is 8.21. The van der Waals surface area contributed by atoms with Crippen LogP contribution in [-0.2, 0) is 9.59 Å². The lowest BCUT2D eigenvalue weighted by atomic mass is 9.99. The maximum atomic E-state index is 13.6. The molecule has 0 radical (unpaired) electrons. The SMILES string of the molecule is CC(C)NC(=O)CN1C(=O)CS[C@H](c2ccccc2Cl)c2c(-c3ccccc3)nn(-c3ccccc3)c21.